The number of anilines is 3. The summed E-state index contributed by atoms with van der Waals surface area (Å²) in [5, 5.41) is 4.63. The van der Waals surface area contributed by atoms with Crippen molar-refractivity contribution in [1.82, 2.24) is 19.4 Å². The van der Waals surface area contributed by atoms with Gasteiger partial charge >= 0.3 is 0 Å². The van der Waals surface area contributed by atoms with E-state index in [1.54, 1.807) is 0 Å². The summed E-state index contributed by atoms with van der Waals surface area (Å²) in [4.78, 5) is 14.1. The molecule has 0 saturated carbocycles. The average Bonchev–Trinajstić information content (AvgIpc) is 3.29. The Morgan fingerprint density at radius 3 is 2.77 bits per heavy atom. The van der Waals surface area contributed by atoms with Crippen molar-refractivity contribution in [2.75, 3.05) is 50.1 Å². The van der Waals surface area contributed by atoms with Crippen LogP contribution < -0.4 is 10.2 Å². The van der Waals surface area contributed by atoms with Crippen molar-refractivity contribution in [3.8, 4) is 11.3 Å². The van der Waals surface area contributed by atoms with Gasteiger partial charge in [-0.3, -0.25) is 0 Å². The van der Waals surface area contributed by atoms with Crippen molar-refractivity contribution in [2.45, 2.75) is 13.2 Å². The number of hydrogen-bond acceptors (Lipinski definition) is 6. The van der Waals surface area contributed by atoms with E-state index in [9.17, 15) is 0 Å². The van der Waals surface area contributed by atoms with E-state index in [4.69, 9.17) is 9.72 Å². The molecule has 1 fully saturated rings. The van der Waals surface area contributed by atoms with Crippen LogP contribution in [0.4, 0.5) is 17.3 Å². The second kappa shape index (κ2) is 9.52. The van der Waals surface area contributed by atoms with Gasteiger partial charge in [-0.15, -0.1) is 0 Å². The summed E-state index contributed by atoms with van der Waals surface area (Å²) in [6, 6.07) is 17.1. The molecule has 6 bridgehead atoms. The van der Waals surface area contributed by atoms with Gasteiger partial charge in [0.15, 0.2) is 0 Å². The number of nitrogens with one attached hydrogen (secondary N) is 1. The number of rotatable bonds is 1. The molecule has 1 N–H and O–H groups in total. The fraction of sp³-hybridized carbons (Fsp3) is 0.286. The summed E-state index contributed by atoms with van der Waals surface area (Å²) in [5.41, 5.74) is 6.54. The quantitative estimate of drug-likeness (QED) is 0.411. The van der Waals surface area contributed by atoms with E-state index in [0.717, 1.165) is 49.7 Å². The molecule has 2 aromatic heterocycles. The summed E-state index contributed by atoms with van der Waals surface area (Å²) in [6.07, 6.45) is 8.23. The summed E-state index contributed by atoms with van der Waals surface area (Å²) in [5.74, 6) is 0.586. The van der Waals surface area contributed by atoms with Crippen molar-refractivity contribution in [1.29, 1.82) is 0 Å². The minimum absolute atomic E-state index is 0.553. The number of nitrogens with zero attached hydrogens (tertiary/aromatic N) is 5. The van der Waals surface area contributed by atoms with Crippen LogP contribution in [-0.2, 0) is 17.9 Å². The van der Waals surface area contributed by atoms with Crippen molar-refractivity contribution >= 4 is 28.2 Å². The Balaban J connectivity index is 1.37. The van der Waals surface area contributed by atoms with Crippen molar-refractivity contribution in [3.63, 3.8) is 0 Å². The van der Waals surface area contributed by atoms with Gasteiger partial charge < -0.3 is 24.4 Å². The number of fused-ring (bicyclic) bond motifs is 6. The number of allylic oxidation sites excluding steroid dienone is 1. The lowest BCUT2D eigenvalue weighted by Crippen LogP contribution is -2.44. The molecular weight excluding hydrogens is 436 g/mol. The second-order valence-electron chi connectivity index (χ2n) is 9.25. The zero-order chi connectivity index (χ0) is 23.6. The Morgan fingerprint density at radius 1 is 0.943 bits per heavy atom. The molecular formula is C28H30N6O. The van der Waals surface area contributed by atoms with Crippen LogP contribution in [0.1, 0.15) is 5.56 Å². The highest BCUT2D eigenvalue weighted by atomic mass is 16.5. The Labute approximate surface area is 205 Å². The molecule has 6 rings (SSSR count). The zero-order valence-electron chi connectivity index (χ0n) is 20.0. The predicted molar refractivity (Wildman–Crippen MR) is 141 cm³/mol. The van der Waals surface area contributed by atoms with E-state index in [1.807, 2.05) is 12.3 Å². The first kappa shape index (κ1) is 21.8. The van der Waals surface area contributed by atoms with E-state index in [2.05, 4.69) is 92.5 Å². The third-order valence-corrected chi connectivity index (χ3v) is 6.85. The van der Waals surface area contributed by atoms with E-state index >= 15 is 0 Å². The van der Waals surface area contributed by atoms with E-state index < -0.39 is 0 Å². The molecule has 7 nitrogen and oxygen atoms in total. The molecule has 1 saturated heterocycles. The van der Waals surface area contributed by atoms with Crippen molar-refractivity contribution < 1.29 is 4.74 Å². The van der Waals surface area contributed by atoms with E-state index in [0.29, 0.717) is 19.2 Å². The van der Waals surface area contributed by atoms with Gasteiger partial charge in [0, 0.05) is 73.1 Å². The largest absolute Gasteiger partial charge is 0.373 e. The molecule has 2 aromatic carbocycles. The van der Waals surface area contributed by atoms with Crippen LogP contribution in [0, 0.1) is 0 Å². The highest BCUT2D eigenvalue weighted by Gasteiger charge is 2.18. The standard InChI is InChI=1S/C28H30N6O/c1-32-13-15-34(16-14-32)26-7-6-24-18-23(26)20-35-17-3-2-11-33-12-9-21-4-5-22(19-27(21)33)25-8-10-29-28(30-24)31-25/h2-10,12,18-19H,11,13-17,20H2,1H3,(H,29,30,31)/b3-2+. The molecule has 178 valence electrons. The van der Waals surface area contributed by atoms with E-state index in [-0.39, 0.29) is 0 Å². The molecule has 2 aliphatic rings. The van der Waals surface area contributed by atoms with Gasteiger partial charge in [-0.1, -0.05) is 24.3 Å². The number of benzene rings is 2. The highest BCUT2D eigenvalue weighted by Crippen LogP contribution is 2.29. The topological polar surface area (TPSA) is 58.5 Å². The number of likely N-dealkylation sites (N-methyl/N-ethyl adjacent to an activating group) is 1. The number of aromatic nitrogens is 3. The van der Waals surface area contributed by atoms with Crippen LogP contribution in [0.2, 0.25) is 0 Å². The first-order chi connectivity index (χ1) is 17.2. The lowest BCUT2D eigenvalue weighted by atomic mass is 10.1. The SMILES string of the molecule is CN1CCN(c2ccc3cc2COC/C=C/Cn2ccc4ccc(cc42)-c2ccnc(n2)N3)CC1. The maximum Gasteiger partial charge on any atom is 0.227 e. The minimum atomic E-state index is 0.553. The zero-order valence-corrected chi connectivity index (χ0v) is 20.0. The number of hydrogen-bond donors (Lipinski definition) is 1. The predicted octanol–water partition coefficient (Wildman–Crippen LogP) is 4.68. The van der Waals surface area contributed by atoms with Crippen LogP contribution in [-0.4, -0.2) is 59.3 Å². The third-order valence-electron chi connectivity index (χ3n) is 6.85. The summed E-state index contributed by atoms with van der Waals surface area (Å²) >= 11 is 0. The summed E-state index contributed by atoms with van der Waals surface area (Å²) in [7, 11) is 2.18. The van der Waals surface area contributed by atoms with Gasteiger partial charge in [-0.2, -0.15) is 0 Å². The van der Waals surface area contributed by atoms with Crippen LogP contribution in [0.5, 0.6) is 0 Å². The first-order valence-corrected chi connectivity index (χ1v) is 12.2. The molecule has 7 heteroatoms. The Hall–Kier alpha value is -3.68. The van der Waals surface area contributed by atoms with Gasteiger partial charge in [-0.25, -0.2) is 9.97 Å². The number of piperazine rings is 1. The maximum absolute atomic E-state index is 6.10. The van der Waals surface area contributed by atoms with Crippen molar-refractivity contribution in [2.24, 2.45) is 0 Å². The maximum atomic E-state index is 6.10. The van der Waals surface area contributed by atoms with Gasteiger partial charge in [0.2, 0.25) is 5.95 Å². The number of ether oxygens (including phenoxy) is 1. The minimum Gasteiger partial charge on any atom is -0.373 e. The summed E-state index contributed by atoms with van der Waals surface area (Å²) in [6.45, 7) is 6.10. The molecule has 0 spiro atoms. The van der Waals surface area contributed by atoms with Crippen LogP contribution in [0.15, 0.2) is 73.1 Å². The molecule has 2 aliphatic heterocycles. The Bertz CT molecular complexity index is 1370. The Kier molecular flexibility index (Phi) is 5.94. The summed E-state index contributed by atoms with van der Waals surface area (Å²) < 4.78 is 8.35. The van der Waals surface area contributed by atoms with Gasteiger partial charge in [0.05, 0.1) is 18.9 Å². The van der Waals surface area contributed by atoms with Crippen molar-refractivity contribution in [3.05, 3.63) is 78.6 Å². The normalized spacial score (nSPS) is 17.8. The van der Waals surface area contributed by atoms with E-state index in [1.165, 1.54) is 22.2 Å². The molecule has 4 aromatic rings. The molecule has 4 heterocycles. The smallest absolute Gasteiger partial charge is 0.227 e. The lowest BCUT2D eigenvalue weighted by Gasteiger charge is -2.35. The highest BCUT2D eigenvalue weighted by molar-refractivity contribution is 5.85. The monoisotopic (exact) mass is 466 g/mol. The van der Waals surface area contributed by atoms with Crippen LogP contribution >= 0.6 is 0 Å². The molecule has 35 heavy (non-hydrogen) atoms. The molecule has 0 radical (unpaired) electrons. The fourth-order valence-corrected chi connectivity index (χ4v) is 4.84. The van der Waals surface area contributed by atoms with Gasteiger partial charge in [-0.05, 0) is 48.8 Å². The second-order valence-corrected chi connectivity index (χ2v) is 9.25. The molecule has 0 unspecified atom stereocenters. The lowest BCUT2D eigenvalue weighted by molar-refractivity contribution is 0.148. The third kappa shape index (κ3) is 4.65. The Morgan fingerprint density at radius 2 is 1.86 bits per heavy atom. The van der Waals surface area contributed by atoms with Gasteiger partial charge in [0.1, 0.15) is 0 Å². The molecule has 0 amide bonds. The average molecular weight is 467 g/mol. The first-order valence-electron chi connectivity index (χ1n) is 12.2. The van der Waals surface area contributed by atoms with Gasteiger partial charge in [0.25, 0.3) is 0 Å². The van der Waals surface area contributed by atoms with Crippen LogP contribution in [0.3, 0.4) is 0 Å². The van der Waals surface area contributed by atoms with Crippen LogP contribution in [0.25, 0.3) is 22.2 Å². The fourth-order valence-electron chi connectivity index (χ4n) is 4.84. The molecule has 0 atom stereocenters. The molecule has 0 aliphatic carbocycles.